The molecule has 2 heterocycles. The first-order valence-electron chi connectivity index (χ1n) is 9.47. The molecule has 2 amide bonds. The van der Waals surface area contributed by atoms with Crippen LogP contribution in [0.25, 0.3) is 0 Å². The second-order valence-electron chi connectivity index (χ2n) is 7.04. The van der Waals surface area contributed by atoms with Gasteiger partial charge in [-0.15, -0.1) is 0 Å². The molecule has 0 bridgehead atoms. The second kappa shape index (κ2) is 9.19. The van der Waals surface area contributed by atoms with E-state index in [0.29, 0.717) is 36.6 Å². The molecule has 9 nitrogen and oxygen atoms in total. The fourth-order valence-electron chi connectivity index (χ4n) is 3.38. The predicted molar refractivity (Wildman–Crippen MR) is 106 cm³/mol. The molecule has 2 fully saturated rings. The van der Waals surface area contributed by atoms with Crippen LogP contribution in [0.1, 0.15) is 47.5 Å². The van der Waals surface area contributed by atoms with Gasteiger partial charge in [0.2, 0.25) is 5.91 Å². The highest BCUT2D eigenvalue weighted by atomic mass is 32.2. The van der Waals surface area contributed by atoms with Gasteiger partial charge in [-0.1, -0.05) is 24.2 Å². The fourth-order valence-corrected chi connectivity index (χ4v) is 6.25. The van der Waals surface area contributed by atoms with Crippen LogP contribution in [0.15, 0.2) is 0 Å². The van der Waals surface area contributed by atoms with E-state index < -0.39 is 21.7 Å². The molecule has 3 rings (SSSR count). The monoisotopic (exact) mass is 430 g/mol. The molecular formula is C17H26N4O5S2. The molecule has 1 aliphatic heterocycles. The zero-order valence-corrected chi connectivity index (χ0v) is 17.5. The number of nitrogens with zero attached hydrogens (tertiary/aromatic N) is 2. The van der Waals surface area contributed by atoms with Gasteiger partial charge in [0.15, 0.2) is 15.0 Å². The first kappa shape index (κ1) is 21.0. The van der Waals surface area contributed by atoms with Crippen LogP contribution in [0, 0.1) is 6.92 Å². The average Bonchev–Trinajstić information content (AvgIpc) is 3.36. The van der Waals surface area contributed by atoms with Crippen LogP contribution in [0.5, 0.6) is 0 Å². The number of hydrogen-bond acceptors (Lipinski definition) is 8. The van der Waals surface area contributed by atoms with Gasteiger partial charge in [0.05, 0.1) is 29.9 Å². The summed E-state index contributed by atoms with van der Waals surface area (Å²) in [6.07, 6.45) is 3.03. The Morgan fingerprint density at radius 3 is 2.57 bits per heavy atom. The summed E-state index contributed by atoms with van der Waals surface area (Å²) in [5.41, 5.74) is 5.24. The number of aromatic nitrogens is 1. The molecule has 0 atom stereocenters. The molecule has 0 unspecified atom stereocenters. The van der Waals surface area contributed by atoms with Crippen molar-refractivity contribution in [2.24, 2.45) is 0 Å². The topological polar surface area (TPSA) is 118 Å². The summed E-state index contributed by atoms with van der Waals surface area (Å²) in [6.45, 7) is 4.44. The zero-order valence-electron chi connectivity index (χ0n) is 15.9. The Hall–Kier alpha value is -1.72. The number of thiazole rings is 1. The SMILES string of the molecule is Cc1nc(N2CCOCC2)sc1C(=O)NNC(=O)CCS(=O)(=O)C1CCCC1. The summed E-state index contributed by atoms with van der Waals surface area (Å²) >= 11 is 1.26. The third-order valence-corrected chi connectivity index (χ3v) is 8.49. The molecule has 1 aromatic rings. The van der Waals surface area contributed by atoms with Crippen molar-refractivity contribution in [3.05, 3.63) is 10.6 Å². The molecule has 1 aliphatic carbocycles. The Labute approximate surface area is 168 Å². The second-order valence-corrected chi connectivity index (χ2v) is 10.4. The maximum atomic E-state index is 12.4. The van der Waals surface area contributed by atoms with E-state index in [2.05, 4.69) is 20.7 Å². The largest absolute Gasteiger partial charge is 0.378 e. The smallest absolute Gasteiger partial charge is 0.281 e. The molecule has 1 saturated carbocycles. The quantitative estimate of drug-likeness (QED) is 0.641. The van der Waals surface area contributed by atoms with E-state index in [4.69, 9.17) is 4.74 Å². The summed E-state index contributed by atoms with van der Waals surface area (Å²) in [5, 5.41) is 0.424. The summed E-state index contributed by atoms with van der Waals surface area (Å²) in [4.78, 5) is 31.2. The molecule has 11 heteroatoms. The standard InChI is InChI=1S/C17H26N4O5S2/c1-12-15(27-17(18-12)21-7-9-26-10-8-21)16(23)20-19-14(22)6-11-28(24,25)13-4-2-3-5-13/h13H,2-11H2,1H3,(H,19,22)(H,20,23). The van der Waals surface area contributed by atoms with Crippen molar-refractivity contribution in [1.29, 1.82) is 0 Å². The van der Waals surface area contributed by atoms with Crippen LogP contribution in [0.4, 0.5) is 5.13 Å². The molecule has 1 aromatic heterocycles. The molecule has 2 N–H and O–H groups in total. The Kier molecular flexibility index (Phi) is 6.89. The highest BCUT2D eigenvalue weighted by molar-refractivity contribution is 7.92. The van der Waals surface area contributed by atoms with E-state index in [0.717, 1.165) is 31.1 Å². The van der Waals surface area contributed by atoms with E-state index in [1.165, 1.54) is 11.3 Å². The number of hydrogen-bond donors (Lipinski definition) is 2. The maximum Gasteiger partial charge on any atom is 0.281 e. The Bertz CT molecular complexity index is 812. The lowest BCUT2D eigenvalue weighted by Crippen LogP contribution is -2.42. The molecular weight excluding hydrogens is 404 g/mol. The number of carbonyl (C=O) groups excluding carboxylic acids is 2. The van der Waals surface area contributed by atoms with Gasteiger partial charge in [0, 0.05) is 19.5 Å². The zero-order chi connectivity index (χ0) is 20.1. The average molecular weight is 431 g/mol. The minimum atomic E-state index is -3.26. The van der Waals surface area contributed by atoms with E-state index in [-0.39, 0.29) is 17.4 Å². The molecule has 1 saturated heterocycles. The van der Waals surface area contributed by atoms with Gasteiger partial charge in [-0.3, -0.25) is 20.4 Å². The van der Waals surface area contributed by atoms with Crippen LogP contribution in [-0.4, -0.2) is 62.5 Å². The van der Waals surface area contributed by atoms with Crippen molar-refractivity contribution < 1.29 is 22.7 Å². The number of ether oxygens (including phenoxy) is 1. The third-order valence-electron chi connectivity index (χ3n) is 5.01. The highest BCUT2D eigenvalue weighted by Gasteiger charge is 2.29. The van der Waals surface area contributed by atoms with Crippen LogP contribution in [-0.2, 0) is 19.4 Å². The molecule has 2 aliphatic rings. The lowest BCUT2D eigenvalue weighted by atomic mass is 10.4. The number of rotatable bonds is 6. The third kappa shape index (κ3) is 5.21. The first-order chi connectivity index (χ1) is 13.4. The van der Waals surface area contributed by atoms with Crippen LogP contribution < -0.4 is 15.8 Å². The van der Waals surface area contributed by atoms with E-state index in [1.807, 2.05) is 0 Å². The summed E-state index contributed by atoms with van der Waals surface area (Å²) in [6, 6.07) is 0. The molecule has 0 radical (unpaired) electrons. The molecule has 0 aromatic carbocycles. The minimum Gasteiger partial charge on any atom is -0.378 e. The van der Waals surface area contributed by atoms with Gasteiger partial charge in [-0.05, 0) is 19.8 Å². The van der Waals surface area contributed by atoms with Gasteiger partial charge in [-0.2, -0.15) is 0 Å². The van der Waals surface area contributed by atoms with Crippen molar-refractivity contribution in [3.8, 4) is 0 Å². The Morgan fingerprint density at radius 1 is 1.21 bits per heavy atom. The van der Waals surface area contributed by atoms with Gasteiger partial charge >= 0.3 is 0 Å². The van der Waals surface area contributed by atoms with Crippen molar-refractivity contribution in [3.63, 3.8) is 0 Å². The van der Waals surface area contributed by atoms with Crippen molar-refractivity contribution >= 4 is 38.1 Å². The predicted octanol–water partition coefficient (Wildman–Crippen LogP) is 0.797. The van der Waals surface area contributed by atoms with Crippen molar-refractivity contribution in [2.45, 2.75) is 44.3 Å². The molecule has 28 heavy (non-hydrogen) atoms. The number of sulfone groups is 1. The number of hydrazine groups is 1. The normalized spacial score (nSPS) is 18.2. The van der Waals surface area contributed by atoms with Crippen LogP contribution >= 0.6 is 11.3 Å². The van der Waals surface area contributed by atoms with E-state index in [9.17, 15) is 18.0 Å². The fraction of sp³-hybridized carbons (Fsp3) is 0.706. The lowest BCUT2D eigenvalue weighted by Gasteiger charge is -2.25. The van der Waals surface area contributed by atoms with Gasteiger partial charge in [0.1, 0.15) is 4.88 Å². The van der Waals surface area contributed by atoms with Crippen LogP contribution in [0.2, 0.25) is 0 Å². The van der Waals surface area contributed by atoms with Gasteiger partial charge in [0.25, 0.3) is 5.91 Å². The number of anilines is 1. The summed E-state index contributed by atoms with van der Waals surface area (Å²) < 4.78 is 29.7. The molecule has 156 valence electrons. The highest BCUT2D eigenvalue weighted by Crippen LogP contribution is 2.27. The lowest BCUT2D eigenvalue weighted by molar-refractivity contribution is -0.121. The van der Waals surface area contributed by atoms with Crippen molar-refractivity contribution in [1.82, 2.24) is 15.8 Å². The van der Waals surface area contributed by atoms with Gasteiger partial charge < -0.3 is 9.64 Å². The molecule has 0 spiro atoms. The van der Waals surface area contributed by atoms with Gasteiger partial charge in [-0.25, -0.2) is 13.4 Å². The maximum absolute atomic E-state index is 12.4. The van der Waals surface area contributed by atoms with E-state index in [1.54, 1.807) is 6.92 Å². The first-order valence-corrected chi connectivity index (χ1v) is 12.0. The number of carbonyl (C=O) groups is 2. The van der Waals surface area contributed by atoms with Crippen molar-refractivity contribution in [2.75, 3.05) is 37.0 Å². The Balaban J connectivity index is 1.48. The number of nitrogens with one attached hydrogen (secondary N) is 2. The number of aryl methyl sites for hydroxylation is 1. The minimum absolute atomic E-state index is 0.167. The Morgan fingerprint density at radius 2 is 1.89 bits per heavy atom. The summed E-state index contributed by atoms with van der Waals surface area (Å²) in [5.74, 6) is -1.17. The number of amides is 2. The number of morpholine rings is 1. The summed E-state index contributed by atoms with van der Waals surface area (Å²) in [7, 11) is -3.26. The van der Waals surface area contributed by atoms with Crippen LogP contribution in [0.3, 0.4) is 0 Å². The van der Waals surface area contributed by atoms with E-state index >= 15 is 0 Å².